The van der Waals surface area contributed by atoms with E-state index in [1.165, 1.54) is 0 Å². The molecule has 0 rings (SSSR count). The Bertz CT molecular complexity index is 129. The standard InChI is InChI=1S/C4H3ClIN/c1-3(2-7)4(5)6/h1H3/b4-3+. The Morgan fingerprint density at radius 3 is 2.29 bits per heavy atom. The van der Waals surface area contributed by atoms with Crippen LogP contribution in [0.1, 0.15) is 6.92 Å². The molecule has 0 atom stereocenters. The van der Waals surface area contributed by atoms with Crippen LogP contribution in [0.5, 0.6) is 0 Å². The molecule has 0 aliphatic heterocycles. The molecule has 38 valence electrons. The average molecular weight is 227 g/mol. The molecule has 0 saturated carbocycles. The average Bonchev–Trinajstić information content (AvgIpc) is 1.65. The van der Waals surface area contributed by atoms with Gasteiger partial charge in [-0.25, -0.2) is 0 Å². The topological polar surface area (TPSA) is 23.8 Å². The molecule has 0 aliphatic rings. The van der Waals surface area contributed by atoms with Gasteiger partial charge in [0, 0.05) is 0 Å². The first-order valence-corrected chi connectivity index (χ1v) is 3.06. The molecule has 0 aromatic rings. The summed E-state index contributed by atoms with van der Waals surface area (Å²) in [6.45, 7) is 1.68. The molecule has 0 amide bonds. The van der Waals surface area contributed by atoms with Crippen molar-refractivity contribution in [1.82, 2.24) is 0 Å². The Morgan fingerprint density at radius 1 is 1.86 bits per heavy atom. The Labute approximate surface area is 61.1 Å². The summed E-state index contributed by atoms with van der Waals surface area (Å²) in [5, 5.41) is 8.11. The second kappa shape index (κ2) is 3.28. The number of rotatable bonds is 0. The Kier molecular flexibility index (Phi) is 3.39. The molecule has 0 radical (unpaired) electrons. The van der Waals surface area contributed by atoms with Crippen molar-refractivity contribution in [1.29, 1.82) is 5.26 Å². The fourth-order valence-electron chi connectivity index (χ4n) is 0.0423. The van der Waals surface area contributed by atoms with Crippen LogP contribution in [0.4, 0.5) is 0 Å². The van der Waals surface area contributed by atoms with Crippen molar-refractivity contribution in [3.63, 3.8) is 0 Å². The van der Waals surface area contributed by atoms with Gasteiger partial charge in [0.25, 0.3) is 0 Å². The highest BCUT2D eigenvalue weighted by Gasteiger charge is 1.87. The van der Waals surface area contributed by atoms with Crippen molar-refractivity contribution in [2.24, 2.45) is 0 Å². The van der Waals surface area contributed by atoms with Crippen LogP contribution < -0.4 is 0 Å². The van der Waals surface area contributed by atoms with Crippen LogP contribution in [0.15, 0.2) is 8.61 Å². The van der Waals surface area contributed by atoms with Crippen molar-refractivity contribution in [3.8, 4) is 6.07 Å². The summed E-state index contributed by atoms with van der Waals surface area (Å²) in [5.41, 5.74) is 0.572. The maximum absolute atomic E-state index is 8.11. The van der Waals surface area contributed by atoms with Gasteiger partial charge in [-0.15, -0.1) is 0 Å². The van der Waals surface area contributed by atoms with Gasteiger partial charge in [0.2, 0.25) is 0 Å². The number of nitrogens with zero attached hydrogens (tertiary/aromatic N) is 1. The van der Waals surface area contributed by atoms with Crippen LogP contribution >= 0.6 is 34.2 Å². The van der Waals surface area contributed by atoms with Gasteiger partial charge in [0.15, 0.2) is 0 Å². The molecular weight excluding hydrogens is 224 g/mol. The van der Waals surface area contributed by atoms with E-state index in [0.717, 1.165) is 0 Å². The van der Waals surface area contributed by atoms with Gasteiger partial charge in [-0.2, -0.15) is 5.26 Å². The van der Waals surface area contributed by atoms with E-state index in [4.69, 9.17) is 16.9 Å². The number of hydrogen-bond acceptors (Lipinski definition) is 1. The first-order valence-electron chi connectivity index (χ1n) is 1.60. The molecule has 0 saturated heterocycles. The van der Waals surface area contributed by atoms with Gasteiger partial charge in [0.1, 0.15) is 0 Å². The van der Waals surface area contributed by atoms with Crippen LogP contribution in [0.3, 0.4) is 0 Å². The third kappa shape index (κ3) is 2.89. The molecule has 3 heteroatoms. The lowest BCUT2D eigenvalue weighted by atomic mass is 10.4. The van der Waals surface area contributed by atoms with Crippen LogP contribution in [-0.4, -0.2) is 0 Å². The van der Waals surface area contributed by atoms with Gasteiger partial charge in [-0.05, 0) is 29.5 Å². The highest BCUT2D eigenvalue weighted by molar-refractivity contribution is 14.1. The summed E-state index contributed by atoms with van der Waals surface area (Å²) >= 11 is 7.26. The Hall–Kier alpha value is 0.250. The predicted octanol–water partition coefficient (Wildman–Crippen LogP) is 2.42. The fourth-order valence-corrected chi connectivity index (χ4v) is 0.205. The summed E-state index contributed by atoms with van der Waals surface area (Å²) in [4.78, 5) is 0. The van der Waals surface area contributed by atoms with Gasteiger partial charge in [0.05, 0.1) is 14.7 Å². The smallest absolute Gasteiger partial charge is 0.0964 e. The number of halogens is 2. The van der Waals surface area contributed by atoms with Gasteiger partial charge >= 0.3 is 0 Å². The quantitative estimate of drug-likeness (QED) is 0.460. The molecule has 0 aromatic heterocycles. The molecule has 0 bridgehead atoms. The lowest BCUT2D eigenvalue weighted by Crippen LogP contribution is -1.63. The lowest BCUT2D eigenvalue weighted by Gasteiger charge is -1.79. The highest BCUT2D eigenvalue weighted by atomic mass is 127. The maximum atomic E-state index is 8.11. The molecule has 0 aromatic carbocycles. The van der Waals surface area contributed by atoms with Crippen LogP contribution in [-0.2, 0) is 0 Å². The molecule has 0 N–H and O–H groups in total. The summed E-state index contributed by atoms with van der Waals surface area (Å²) in [6, 6.07) is 1.90. The lowest BCUT2D eigenvalue weighted by molar-refractivity contribution is 1.45. The minimum absolute atomic E-state index is 0.542. The van der Waals surface area contributed by atoms with Gasteiger partial charge in [-0.3, -0.25) is 0 Å². The second-order valence-electron chi connectivity index (χ2n) is 0.997. The van der Waals surface area contributed by atoms with E-state index in [-0.39, 0.29) is 0 Å². The van der Waals surface area contributed by atoms with E-state index >= 15 is 0 Å². The van der Waals surface area contributed by atoms with Crippen molar-refractivity contribution >= 4 is 34.2 Å². The number of nitriles is 1. The summed E-state index contributed by atoms with van der Waals surface area (Å²) < 4.78 is 0.542. The largest absolute Gasteiger partial charge is 0.193 e. The monoisotopic (exact) mass is 227 g/mol. The highest BCUT2D eigenvalue weighted by Crippen LogP contribution is 2.15. The van der Waals surface area contributed by atoms with E-state index in [1.54, 1.807) is 6.92 Å². The summed E-state index contributed by atoms with van der Waals surface area (Å²) in [7, 11) is 0. The molecule has 1 nitrogen and oxygen atoms in total. The van der Waals surface area contributed by atoms with Gasteiger partial charge < -0.3 is 0 Å². The van der Waals surface area contributed by atoms with Crippen LogP contribution in [0.2, 0.25) is 0 Å². The molecule has 0 heterocycles. The SMILES string of the molecule is C/C(C#N)=C(/Cl)I. The van der Waals surface area contributed by atoms with Crippen molar-refractivity contribution in [2.45, 2.75) is 6.92 Å². The fraction of sp³-hybridized carbons (Fsp3) is 0.250. The third-order valence-corrected chi connectivity index (χ3v) is 1.54. The third-order valence-electron chi connectivity index (χ3n) is 0.451. The zero-order valence-corrected chi connectivity index (χ0v) is 6.62. The number of allylic oxidation sites excluding steroid dienone is 1. The molecule has 0 aliphatic carbocycles. The van der Waals surface area contributed by atoms with E-state index in [1.807, 2.05) is 28.7 Å². The van der Waals surface area contributed by atoms with Crippen molar-refractivity contribution in [2.75, 3.05) is 0 Å². The zero-order chi connectivity index (χ0) is 5.86. The van der Waals surface area contributed by atoms with E-state index in [2.05, 4.69) is 0 Å². The van der Waals surface area contributed by atoms with Gasteiger partial charge in [-0.1, -0.05) is 11.6 Å². The van der Waals surface area contributed by atoms with Crippen molar-refractivity contribution < 1.29 is 0 Å². The van der Waals surface area contributed by atoms with E-state index < -0.39 is 0 Å². The zero-order valence-electron chi connectivity index (χ0n) is 3.70. The first-order chi connectivity index (χ1) is 3.18. The van der Waals surface area contributed by atoms with E-state index in [0.29, 0.717) is 8.61 Å². The van der Waals surface area contributed by atoms with Crippen LogP contribution in [0, 0.1) is 11.3 Å². The summed E-state index contributed by atoms with van der Waals surface area (Å²) in [5.74, 6) is 0. The normalized spacial score (nSPS) is 12.3. The predicted molar refractivity (Wildman–Crippen MR) is 38.2 cm³/mol. The molecule has 0 unspecified atom stereocenters. The maximum Gasteiger partial charge on any atom is 0.0964 e. The second-order valence-corrected chi connectivity index (χ2v) is 3.09. The van der Waals surface area contributed by atoms with Crippen LogP contribution in [0.25, 0.3) is 0 Å². The number of hydrogen-bond donors (Lipinski definition) is 0. The Morgan fingerprint density at radius 2 is 2.29 bits per heavy atom. The molecule has 7 heavy (non-hydrogen) atoms. The first kappa shape index (κ1) is 7.25. The molecular formula is C4H3ClIN. The molecule has 0 spiro atoms. The minimum atomic E-state index is 0.542. The molecule has 0 fully saturated rings. The van der Waals surface area contributed by atoms with E-state index in [9.17, 15) is 0 Å². The van der Waals surface area contributed by atoms with Crippen molar-refractivity contribution in [3.05, 3.63) is 8.61 Å². The summed E-state index contributed by atoms with van der Waals surface area (Å²) in [6.07, 6.45) is 0. The minimum Gasteiger partial charge on any atom is -0.193 e. The Balaban J connectivity index is 4.07.